The average molecular weight is 438 g/mol. The molecular formula is C20H27N3O4S2. The van der Waals surface area contributed by atoms with E-state index in [1.165, 1.54) is 14.7 Å². The van der Waals surface area contributed by atoms with Gasteiger partial charge in [0.1, 0.15) is 5.70 Å². The number of carboxylic acids is 1. The van der Waals surface area contributed by atoms with Gasteiger partial charge in [0.2, 0.25) is 5.91 Å². The Morgan fingerprint density at radius 1 is 1.48 bits per heavy atom. The van der Waals surface area contributed by atoms with Gasteiger partial charge in [-0.2, -0.15) is 0 Å². The lowest BCUT2D eigenvalue weighted by Gasteiger charge is -2.46. The minimum atomic E-state index is -1.06. The van der Waals surface area contributed by atoms with Crippen LogP contribution in [-0.4, -0.2) is 58.0 Å². The fraction of sp³-hybridized carbons (Fsp3) is 0.600. The number of aliphatic hydroxyl groups excluding tert-OH is 1. The average Bonchev–Trinajstić information content (AvgIpc) is 3.34. The van der Waals surface area contributed by atoms with Crippen LogP contribution >= 0.6 is 23.1 Å². The summed E-state index contributed by atoms with van der Waals surface area (Å²) < 4.78 is 0. The molecule has 4 N–H and O–H groups in total. The number of thioether (sulfide) groups is 1. The molecule has 4 rings (SSSR count). The number of fused-ring (bicyclic) bond motifs is 1. The Hall–Kier alpha value is -1.39. The largest absolute Gasteiger partial charge is 0.477 e. The monoisotopic (exact) mass is 437 g/mol. The summed E-state index contributed by atoms with van der Waals surface area (Å²) in [5, 5.41) is 26.7. The van der Waals surface area contributed by atoms with Gasteiger partial charge in [-0.25, -0.2) is 4.79 Å². The van der Waals surface area contributed by atoms with E-state index < -0.39 is 18.0 Å². The maximum absolute atomic E-state index is 12.5. The second kappa shape index (κ2) is 8.03. The Bertz CT molecular complexity index is 853. The van der Waals surface area contributed by atoms with E-state index >= 15 is 0 Å². The minimum Gasteiger partial charge on any atom is -0.477 e. The Morgan fingerprint density at radius 3 is 2.90 bits per heavy atom. The smallest absolute Gasteiger partial charge is 0.353 e. The van der Waals surface area contributed by atoms with E-state index in [9.17, 15) is 19.8 Å². The molecule has 3 aliphatic rings. The van der Waals surface area contributed by atoms with Crippen molar-refractivity contribution in [3.63, 3.8) is 0 Å². The zero-order valence-corrected chi connectivity index (χ0v) is 18.3. The van der Waals surface area contributed by atoms with Crippen LogP contribution in [0.4, 0.5) is 0 Å². The highest BCUT2D eigenvalue weighted by atomic mass is 32.2. The van der Waals surface area contributed by atoms with Crippen LogP contribution in [0.15, 0.2) is 22.7 Å². The normalized spacial score (nSPS) is 32.5. The van der Waals surface area contributed by atoms with Crippen LogP contribution in [0.3, 0.4) is 0 Å². The number of carbonyl (C=O) groups is 2. The van der Waals surface area contributed by atoms with E-state index in [0.29, 0.717) is 0 Å². The van der Waals surface area contributed by atoms with Gasteiger partial charge in [0.15, 0.2) is 0 Å². The van der Waals surface area contributed by atoms with E-state index in [0.717, 1.165) is 24.4 Å². The zero-order chi connectivity index (χ0) is 20.9. The quantitative estimate of drug-likeness (QED) is 0.482. The molecular weight excluding hydrogens is 410 g/mol. The number of amides is 1. The number of nitrogens with zero attached hydrogens (tertiary/aromatic N) is 1. The first kappa shape index (κ1) is 20.9. The molecule has 158 valence electrons. The standard InChI is InChI=1S/C20H27N3O4S2/c1-9-16-15(10(2)24)19(25)23(16)17(20(26)27)18(9)29-12-6-13(22-8-12)14-5-4-11(28-14)7-21-3/h4-5,9-10,12-13,15-16,21-22,24H,6-8H2,1-3H3,(H,26,27)/t9-,10-,12+,13-,15-,16-/m1/s1. The molecule has 0 radical (unpaired) electrons. The number of carbonyl (C=O) groups excluding carboxylic acids is 1. The minimum absolute atomic E-state index is 0.0774. The van der Waals surface area contributed by atoms with Gasteiger partial charge in [-0.3, -0.25) is 4.79 Å². The van der Waals surface area contributed by atoms with Crippen molar-refractivity contribution in [3.8, 4) is 0 Å². The predicted molar refractivity (Wildman–Crippen MR) is 113 cm³/mol. The van der Waals surface area contributed by atoms with Crippen molar-refractivity contribution in [2.75, 3.05) is 13.6 Å². The van der Waals surface area contributed by atoms with Gasteiger partial charge in [-0.05, 0) is 32.5 Å². The number of carboxylic acid groups (broad SMARTS) is 1. The first-order valence-corrected chi connectivity index (χ1v) is 11.6. The maximum atomic E-state index is 12.5. The summed E-state index contributed by atoms with van der Waals surface area (Å²) in [6, 6.07) is 4.34. The maximum Gasteiger partial charge on any atom is 0.353 e. The van der Waals surface area contributed by atoms with Crippen molar-refractivity contribution in [2.24, 2.45) is 11.8 Å². The number of β-lactam (4-membered cyclic amide) rings is 1. The predicted octanol–water partition coefficient (Wildman–Crippen LogP) is 1.76. The van der Waals surface area contributed by atoms with Crippen LogP contribution in [-0.2, 0) is 16.1 Å². The van der Waals surface area contributed by atoms with Crippen LogP contribution in [0, 0.1) is 11.8 Å². The summed E-state index contributed by atoms with van der Waals surface area (Å²) in [7, 11) is 1.94. The third kappa shape index (κ3) is 3.53. The van der Waals surface area contributed by atoms with E-state index in [4.69, 9.17) is 0 Å². The lowest BCUT2D eigenvalue weighted by Crippen LogP contribution is -2.63. The Morgan fingerprint density at radius 2 is 2.24 bits per heavy atom. The van der Waals surface area contributed by atoms with Crippen LogP contribution in [0.25, 0.3) is 0 Å². The topological polar surface area (TPSA) is 102 Å². The molecule has 29 heavy (non-hydrogen) atoms. The number of hydrogen-bond acceptors (Lipinski definition) is 7. The lowest BCUT2D eigenvalue weighted by atomic mass is 9.79. The molecule has 4 heterocycles. The number of aliphatic carboxylic acids is 1. The second-order valence-electron chi connectivity index (χ2n) is 8.04. The van der Waals surface area contributed by atoms with Gasteiger partial charge >= 0.3 is 5.97 Å². The van der Waals surface area contributed by atoms with Crippen molar-refractivity contribution in [1.29, 1.82) is 0 Å². The molecule has 2 fully saturated rings. The first-order valence-electron chi connectivity index (χ1n) is 9.95. The molecule has 1 aromatic rings. The Balaban J connectivity index is 1.48. The third-order valence-electron chi connectivity index (χ3n) is 6.07. The molecule has 1 aromatic heterocycles. The van der Waals surface area contributed by atoms with Crippen LogP contribution in [0.1, 0.15) is 36.1 Å². The number of hydrogen-bond donors (Lipinski definition) is 4. The lowest BCUT2D eigenvalue weighted by molar-refractivity contribution is -0.163. The van der Waals surface area contributed by atoms with Gasteiger partial charge in [0.05, 0.1) is 18.1 Å². The first-order chi connectivity index (χ1) is 13.8. The van der Waals surface area contributed by atoms with E-state index in [-0.39, 0.29) is 34.9 Å². The molecule has 0 unspecified atom stereocenters. The van der Waals surface area contributed by atoms with Crippen LogP contribution < -0.4 is 10.6 Å². The van der Waals surface area contributed by atoms with Crippen molar-refractivity contribution in [2.45, 2.75) is 50.3 Å². The molecule has 3 aliphatic heterocycles. The van der Waals surface area contributed by atoms with Crippen LogP contribution in [0.5, 0.6) is 0 Å². The molecule has 6 atom stereocenters. The number of aliphatic hydroxyl groups is 1. The van der Waals surface area contributed by atoms with E-state index in [1.807, 2.05) is 14.0 Å². The zero-order valence-electron chi connectivity index (χ0n) is 16.7. The van der Waals surface area contributed by atoms with Crippen molar-refractivity contribution in [3.05, 3.63) is 32.5 Å². The number of rotatable bonds is 7. The van der Waals surface area contributed by atoms with Crippen molar-refractivity contribution >= 4 is 35.0 Å². The fourth-order valence-corrected chi connectivity index (χ4v) is 7.31. The third-order valence-corrected chi connectivity index (χ3v) is 8.78. The number of nitrogens with one attached hydrogen (secondary N) is 2. The second-order valence-corrected chi connectivity index (χ2v) is 10.6. The van der Waals surface area contributed by atoms with Gasteiger partial charge in [-0.1, -0.05) is 6.92 Å². The molecule has 1 amide bonds. The molecule has 9 heteroatoms. The SMILES string of the molecule is CNCc1ccc([C@H]2C[C@H](SC3=C(C(=O)O)N4C(=O)[C@H]([C@@H](C)O)[C@H]4[C@H]3C)CN2)s1. The fourth-order valence-electron chi connectivity index (χ4n) is 4.72. The molecule has 0 bridgehead atoms. The van der Waals surface area contributed by atoms with Gasteiger partial charge in [-0.15, -0.1) is 23.1 Å². The highest BCUT2D eigenvalue weighted by Crippen LogP contribution is 2.52. The molecule has 0 spiro atoms. The van der Waals surface area contributed by atoms with E-state index in [1.54, 1.807) is 30.0 Å². The summed E-state index contributed by atoms with van der Waals surface area (Å²) in [6.07, 6.45) is 0.153. The van der Waals surface area contributed by atoms with E-state index in [2.05, 4.69) is 22.8 Å². The van der Waals surface area contributed by atoms with Crippen molar-refractivity contribution in [1.82, 2.24) is 15.5 Å². The van der Waals surface area contributed by atoms with Crippen LogP contribution in [0.2, 0.25) is 0 Å². The summed E-state index contributed by atoms with van der Waals surface area (Å²) in [5.74, 6) is -1.92. The molecule has 7 nitrogen and oxygen atoms in total. The molecule has 2 saturated heterocycles. The molecule has 0 aliphatic carbocycles. The molecule has 0 saturated carbocycles. The van der Waals surface area contributed by atoms with Gasteiger partial charge < -0.3 is 25.7 Å². The summed E-state index contributed by atoms with van der Waals surface area (Å²) in [4.78, 5) is 29.2. The van der Waals surface area contributed by atoms with Crippen molar-refractivity contribution < 1.29 is 19.8 Å². The highest BCUT2D eigenvalue weighted by Gasteiger charge is 2.60. The number of thiophene rings is 1. The Labute approximate surface area is 178 Å². The molecule has 0 aromatic carbocycles. The van der Waals surface area contributed by atoms with Gasteiger partial charge in [0, 0.05) is 45.0 Å². The highest BCUT2D eigenvalue weighted by molar-refractivity contribution is 8.03. The Kier molecular flexibility index (Phi) is 5.78. The summed E-state index contributed by atoms with van der Waals surface area (Å²) in [5.41, 5.74) is 0.116. The van der Waals surface area contributed by atoms with Gasteiger partial charge in [0.25, 0.3) is 0 Å². The summed E-state index contributed by atoms with van der Waals surface area (Å²) >= 11 is 3.39. The summed E-state index contributed by atoms with van der Waals surface area (Å²) in [6.45, 7) is 5.24.